The number of H-pyrrole nitrogens is 1. The summed E-state index contributed by atoms with van der Waals surface area (Å²) in [5.41, 5.74) is 5.80. The number of carbonyl (C=O) groups excluding carboxylic acids is 1. The molecule has 1 aliphatic rings. The van der Waals surface area contributed by atoms with E-state index in [9.17, 15) is 9.59 Å². The van der Waals surface area contributed by atoms with Gasteiger partial charge < -0.3 is 19.8 Å². The number of amides is 1. The van der Waals surface area contributed by atoms with E-state index in [1.165, 1.54) is 0 Å². The van der Waals surface area contributed by atoms with E-state index in [1.807, 2.05) is 37.5 Å². The number of hydrogen-bond donors (Lipinski definition) is 2. The number of pyridine rings is 2. The van der Waals surface area contributed by atoms with Crippen molar-refractivity contribution < 1.29 is 4.79 Å². The van der Waals surface area contributed by atoms with Gasteiger partial charge in [0, 0.05) is 84.4 Å². The normalized spacial score (nSPS) is 15.0. The third-order valence-electron chi connectivity index (χ3n) is 8.17. The van der Waals surface area contributed by atoms with Crippen molar-refractivity contribution in [2.75, 3.05) is 31.1 Å². The van der Waals surface area contributed by atoms with Gasteiger partial charge in [0.05, 0.1) is 4.05 Å². The van der Waals surface area contributed by atoms with Crippen molar-refractivity contribution in [1.29, 1.82) is 0 Å². The minimum atomic E-state index is -0.197. The smallest absolute Gasteiger partial charge is 0.253 e. The van der Waals surface area contributed by atoms with E-state index in [0.717, 1.165) is 78.1 Å². The van der Waals surface area contributed by atoms with Crippen molar-refractivity contribution in [2.45, 2.75) is 64.1 Å². The van der Waals surface area contributed by atoms with Gasteiger partial charge in [-0.1, -0.05) is 35.9 Å². The maximum atomic E-state index is 13.7. The Hall–Kier alpha value is -3.18. The molecule has 1 aliphatic heterocycles. The molecule has 1 fully saturated rings. The Labute approximate surface area is 261 Å². The molecule has 9 heteroatoms. The predicted molar refractivity (Wildman–Crippen MR) is 180 cm³/mol. The zero-order valence-electron chi connectivity index (χ0n) is 25.2. The number of hydrogen-bond acceptors (Lipinski definition) is 5. The fourth-order valence-corrected chi connectivity index (χ4v) is 6.41. The van der Waals surface area contributed by atoms with Crippen LogP contribution in [-0.4, -0.2) is 55.6 Å². The molecule has 222 valence electrons. The Morgan fingerprint density at radius 1 is 1.07 bits per heavy atom. The minimum absolute atomic E-state index is 0.139. The molecule has 3 aromatic heterocycles. The molecule has 0 saturated carbocycles. The van der Waals surface area contributed by atoms with Gasteiger partial charge in [0.1, 0.15) is 5.82 Å². The number of alkyl halides is 1. The van der Waals surface area contributed by atoms with Gasteiger partial charge in [-0.25, -0.2) is 4.98 Å². The fourth-order valence-electron chi connectivity index (χ4n) is 5.85. The number of aromatic nitrogens is 3. The molecular weight excluding hydrogens is 639 g/mol. The number of anilines is 1. The van der Waals surface area contributed by atoms with Gasteiger partial charge in [0.2, 0.25) is 0 Å². The van der Waals surface area contributed by atoms with Crippen molar-refractivity contribution in [3.8, 4) is 11.1 Å². The zero-order chi connectivity index (χ0) is 30.0. The summed E-state index contributed by atoms with van der Waals surface area (Å²) >= 11 is 2.47. The third-order valence-corrected chi connectivity index (χ3v) is 8.96. The molecule has 4 aromatic rings. The first-order chi connectivity index (χ1) is 20.2. The van der Waals surface area contributed by atoms with Crippen LogP contribution >= 0.6 is 22.6 Å². The summed E-state index contributed by atoms with van der Waals surface area (Å²) in [7, 11) is 0. The Balaban J connectivity index is 1.44. The Kier molecular flexibility index (Phi) is 9.37. The van der Waals surface area contributed by atoms with Gasteiger partial charge in [-0.05, 0) is 81.6 Å². The van der Waals surface area contributed by atoms with Crippen molar-refractivity contribution >= 4 is 45.2 Å². The van der Waals surface area contributed by atoms with Crippen LogP contribution in [0.4, 0.5) is 5.82 Å². The summed E-state index contributed by atoms with van der Waals surface area (Å²) in [6, 6.07) is 12.5. The Morgan fingerprint density at radius 2 is 1.83 bits per heavy atom. The third kappa shape index (κ3) is 6.41. The molecule has 0 spiro atoms. The molecule has 1 amide bonds. The molecule has 42 heavy (non-hydrogen) atoms. The molecule has 8 nitrogen and oxygen atoms in total. The van der Waals surface area contributed by atoms with E-state index in [2.05, 4.69) is 93.2 Å². The minimum Gasteiger partial charge on any atom is -0.354 e. The van der Waals surface area contributed by atoms with Crippen molar-refractivity contribution in [2.24, 2.45) is 0 Å². The average Bonchev–Trinajstić information content (AvgIpc) is 3.41. The highest BCUT2D eigenvalue weighted by Gasteiger charge is 2.21. The lowest BCUT2D eigenvalue weighted by Gasteiger charge is -2.36. The quantitative estimate of drug-likeness (QED) is 0.128. The summed E-state index contributed by atoms with van der Waals surface area (Å²) in [5.74, 6) is 0.785. The van der Waals surface area contributed by atoms with Crippen LogP contribution in [0.15, 0.2) is 53.6 Å². The van der Waals surface area contributed by atoms with Crippen LogP contribution in [0.25, 0.3) is 22.0 Å². The maximum absolute atomic E-state index is 13.7. The standard InChI is InChI=1S/C33H41IN6O2/c1-6-7-24-16-22(4)37-33(42)29(24)20-36-32(41)28-17-26(18-30-27(28)10-11-40(30)21(2)3)25-8-9-31(35-19-25)39-14-12-38(13-15-39)23(5)34/h8-11,16-19,21,23H,6-7,12-15,20H2,1-5H3,(H,36,41)(H,37,42). The average molecular weight is 681 g/mol. The summed E-state index contributed by atoms with van der Waals surface area (Å²) in [6.45, 7) is 14.7. The fraction of sp³-hybridized carbons (Fsp3) is 0.424. The van der Waals surface area contributed by atoms with Gasteiger partial charge in [-0.15, -0.1) is 0 Å². The highest BCUT2D eigenvalue weighted by Crippen LogP contribution is 2.31. The van der Waals surface area contributed by atoms with Crippen LogP contribution in [0, 0.1) is 6.92 Å². The number of carbonyl (C=O) groups is 1. The van der Waals surface area contributed by atoms with E-state index in [0.29, 0.717) is 15.2 Å². The molecule has 0 aliphatic carbocycles. The number of nitrogens with zero attached hydrogens (tertiary/aromatic N) is 4. The Morgan fingerprint density at radius 3 is 2.48 bits per heavy atom. The Bertz CT molecular complexity index is 1610. The van der Waals surface area contributed by atoms with Crippen LogP contribution in [0.5, 0.6) is 0 Å². The summed E-state index contributed by atoms with van der Waals surface area (Å²) in [4.78, 5) is 39.0. The van der Waals surface area contributed by atoms with E-state index in [-0.39, 0.29) is 24.1 Å². The van der Waals surface area contributed by atoms with E-state index < -0.39 is 0 Å². The molecule has 1 unspecified atom stereocenters. The molecule has 4 heterocycles. The van der Waals surface area contributed by atoms with Gasteiger partial charge in [0.15, 0.2) is 0 Å². The van der Waals surface area contributed by atoms with Gasteiger partial charge in [-0.2, -0.15) is 0 Å². The summed E-state index contributed by atoms with van der Waals surface area (Å²) in [5, 5.41) is 3.94. The highest BCUT2D eigenvalue weighted by molar-refractivity contribution is 14.1. The van der Waals surface area contributed by atoms with E-state index >= 15 is 0 Å². The lowest BCUT2D eigenvalue weighted by Crippen LogP contribution is -2.48. The van der Waals surface area contributed by atoms with Gasteiger partial charge in [-0.3, -0.25) is 14.5 Å². The number of aryl methyl sites for hydroxylation is 2. The number of aromatic amines is 1. The largest absolute Gasteiger partial charge is 0.354 e. The van der Waals surface area contributed by atoms with E-state index in [4.69, 9.17) is 4.98 Å². The first kappa shape index (κ1) is 30.3. The van der Waals surface area contributed by atoms with Crippen LogP contribution < -0.4 is 15.8 Å². The number of piperazine rings is 1. The van der Waals surface area contributed by atoms with Crippen LogP contribution in [0.3, 0.4) is 0 Å². The number of halogens is 1. The van der Waals surface area contributed by atoms with Gasteiger partial charge in [0.25, 0.3) is 11.5 Å². The molecule has 0 radical (unpaired) electrons. The molecule has 5 rings (SSSR count). The molecule has 1 aromatic carbocycles. The van der Waals surface area contributed by atoms with Crippen LogP contribution in [0.2, 0.25) is 0 Å². The highest BCUT2D eigenvalue weighted by atomic mass is 127. The first-order valence-electron chi connectivity index (χ1n) is 14.9. The van der Waals surface area contributed by atoms with Crippen molar-refractivity contribution in [1.82, 2.24) is 24.8 Å². The first-order valence-corrected chi connectivity index (χ1v) is 16.1. The maximum Gasteiger partial charge on any atom is 0.253 e. The number of benzene rings is 1. The number of nitrogens with one attached hydrogen (secondary N) is 2. The molecule has 1 atom stereocenters. The van der Waals surface area contributed by atoms with E-state index in [1.54, 1.807) is 0 Å². The molecule has 0 bridgehead atoms. The number of fused-ring (bicyclic) bond motifs is 1. The second kappa shape index (κ2) is 13.0. The topological polar surface area (TPSA) is 86.3 Å². The lowest BCUT2D eigenvalue weighted by molar-refractivity contribution is 0.0952. The second-order valence-electron chi connectivity index (χ2n) is 11.5. The van der Waals surface area contributed by atoms with Crippen LogP contribution in [0.1, 0.15) is 67.3 Å². The molecule has 1 saturated heterocycles. The number of rotatable bonds is 9. The zero-order valence-corrected chi connectivity index (χ0v) is 27.4. The van der Waals surface area contributed by atoms with Gasteiger partial charge >= 0.3 is 0 Å². The molecule has 2 N–H and O–H groups in total. The SMILES string of the molecule is CCCc1cc(C)[nH]c(=O)c1CNC(=O)c1cc(-c2ccc(N3CCN(C(C)I)CC3)nc2)cc2c1ccn2C(C)C. The summed E-state index contributed by atoms with van der Waals surface area (Å²) in [6.07, 6.45) is 5.67. The summed E-state index contributed by atoms with van der Waals surface area (Å²) < 4.78 is 2.72. The monoisotopic (exact) mass is 680 g/mol. The molecular formula is C33H41IN6O2. The lowest BCUT2D eigenvalue weighted by atomic mass is 10.00. The second-order valence-corrected chi connectivity index (χ2v) is 13.3. The van der Waals surface area contributed by atoms with Crippen LogP contribution in [-0.2, 0) is 13.0 Å². The van der Waals surface area contributed by atoms with Crippen molar-refractivity contribution in [3.05, 3.63) is 81.5 Å². The van der Waals surface area contributed by atoms with Crippen molar-refractivity contribution in [3.63, 3.8) is 0 Å². The predicted octanol–water partition coefficient (Wildman–Crippen LogP) is 6.07.